The van der Waals surface area contributed by atoms with E-state index in [1.165, 1.54) is 17.0 Å². The molecule has 0 spiro atoms. The first-order valence-electron chi connectivity index (χ1n) is 13.2. The number of nitrogens with zero attached hydrogens (tertiary/aromatic N) is 2. The van der Waals surface area contributed by atoms with E-state index in [1.807, 2.05) is 13.8 Å². The molecule has 2 rings (SSSR count). The number of carbonyl (C=O) groups excluding carboxylic acids is 3. The molecule has 10 N–H and O–H groups in total. The van der Waals surface area contributed by atoms with Crippen molar-refractivity contribution in [2.24, 2.45) is 28.1 Å². The van der Waals surface area contributed by atoms with Gasteiger partial charge in [-0.25, -0.2) is 4.79 Å². The van der Waals surface area contributed by atoms with Crippen molar-refractivity contribution in [1.82, 2.24) is 15.5 Å². The van der Waals surface area contributed by atoms with Crippen LogP contribution in [0.5, 0.6) is 5.75 Å². The Labute approximate surface area is 228 Å². The van der Waals surface area contributed by atoms with Gasteiger partial charge in [0, 0.05) is 19.5 Å². The van der Waals surface area contributed by atoms with Crippen LogP contribution in [0, 0.1) is 5.92 Å². The molecular formula is C26H41N7O6. The second-order valence-electron chi connectivity index (χ2n) is 9.89. The van der Waals surface area contributed by atoms with Crippen LogP contribution in [-0.4, -0.2) is 82.0 Å². The molecule has 1 aromatic carbocycles. The number of aromatic hydroxyl groups is 1. The summed E-state index contributed by atoms with van der Waals surface area (Å²) in [6.07, 6.45) is 2.33. The Morgan fingerprint density at radius 2 is 1.82 bits per heavy atom. The van der Waals surface area contributed by atoms with Gasteiger partial charge in [-0.3, -0.25) is 19.4 Å². The third-order valence-electron chi connectivity index (χ3n) is 6.91. The van der Waals surface area contributed by atoms with E-state index in [4.69, 9.17) is 17.2 Å². The van der Waals surface area contributed by atoms with E-state index in [2.05, 4.69) is 15.6 Å². The van der Waals surface area contributed by atoms with Crippen molar-refractivity contribution in [3.63, 3.8) is 0 Å². The molecule has 13 heteroatoms. The zero-order valence-corrected chi connectivity index (χ0v) is 22.5. The van der Waals surface area contributed by atoms with Crippen LogP contribution in [0.3, 0.4) is 0 Å². The van der Waals surface area contributed by atoms with Crippen molar-refractivity contribution in [2.75, 3.05) is 13.1 Å². The third kappa shape index (κ3) is 9.43. The van der Waals surface area contributed by atoms with Crippen molar-refractivity contribution in [3.8, 4) is 5.75 Å². The molecule has 0 aromatic heterocycles. The summed E-state index contributed by atoms with van der Waals surface area (Å²) >= 11 is 0. The summed E-state index contributed by atoms with van der Waals surface area (Å²) in [6.45, 7) is 4.35. The summed E-state index contributed by atoms with van der Waals surface area (Å²) < 4.78 is 0. The lowest BCUT2D eigenvalue weighted by atomic mass is 9.96. The van der Waals surface area contributed by atoms with Crippen LogP contribution in [0.2, 0.25) is 0 Å². The zero-order chi connectivity index (χ0) is 29.1. The maximum Gasteiger partial charge on any atom is 0.326 e. The number of benzene rings is 1. The Kier molecular flexibility index (Phi) is 12.0. The molecule has 0 aliphatic carbocycles. The highest BCUT2D eigenvalue weighted by molar-refractivity contribution is 5.94. The quantitative estimate of drug-likeness (QED) is 0.0895. The lowest BCUT2D eigenvalue weighted by molar-refractivity contribution is -0.145. The molecule has 216 valence electrons. The number of likely N-dealkylation sites (tertiary alicyclic amines) is 1. The van der Waals surface area contributed by atoms with E-state index < -0.39 is 47.9 Å². The molecule has 3 amide bonds. The number of carboxylic acids is 1. The highest BCUT2D eigenvalue weighted by atomic mass is 16.4. The number of hydrogen-bond donors (Lipinski definition) is 7. The first-order valence-corrected chi connectivity index (χ1v) is 13.2. The van der Waals surface area contributed by atoms with Crippen LogP contribution in [0.1, 0.15) is 51.5 Å². The number of aliphatic carboxylic acids is 1. The van der Waals surface area contributed by atoms with Crippen molar-refractivity contribution in [2.45, 2.75) is 76.5 Å². The van der Waals surface area contributed by atoms with E-state index in [-0.39, 0.29) is 24.0 Å². The highest BCUT2D eigenvalue weighted by Gasteiger charge is 2.40. The van der Waals surface area contributed by atoms with E-state index in [9.17, 15) is 29.4 Å². The van der Waals surface area contributed by atoms with Crippen LogP contribution < -0.4 is 27.8 Å². The standard InChI is InChI=1S/C26H41N7O6/c1-3-15(2)21(32-22(35)18(27)6-4-12-30-26(28)29)24(37)33-13-5-7-20(33)23(36)31-19(25(38)39)14-16-8-10-17(34)11-9-16/h8-11,15,18-21,34H,3-7,12-14,27H2,1-2H3,(H,31,36)(H,32,35)(H,38,39)(H4,28,29,30). The molecule has 1 heterocycles. The molecular weight excluding hydrogens is 506 g/mol. The SMILES string of the molecule is CCC(C)C(NC(=O)C(N)CCCN=C(N)N)C(=O)N1CCCC1C(=O)NC(Cc1ccc(O)cc1)C(=O)O. The number of phenols is 1. The van der Waals surface area contributed by atoms with E-state index in [0.29, 0.717) is 50.8 Å². The number of phenolic OH excluding ortho intramolecular Hbond substituents is 1. The average molecular weight is 548 g/mol. The van der Waals surface area contributed by atoms with E-state index >= 15 is 0 Å². The van der Waals surface area contributed by atoms with E-state index in [1.54, 1.807) is 12.1 Å². The Balaban J connectivity index is 2.08. The maximum absolute atomic E-state index is 13.6. The maximum atomic E-state index is 13.6. The Morgan fingerprint density at radius 3 is 2.41 bits per heavy atom. The first kappa shape index (κ1) is 31.3. The molecule has 1 aromatic rings. The van der Waals surface area contributed by atoms with Crippen molar-refractivity contribution in [3.05, 3.63) is 29.8 Å². The van der Waals surface area contributed by atoms with Gasteiger partial charge in [0.25, 0.3) is 0 Å². The number of carboxylic acid groups (broad SMARTS) is 1. The summed E-state index contributed by atoms with van der Waals surface area (Å²) in [5.74, 6) is -2.92. The Bertz CT molecular complexity index is 1030. The molecule has 1 aliphatic rings. The van der Waals surface area contributed by atoms with Crippen molar-refractivity contribution in [1.29, 1.82) is 0 Å². The predicted octanol–water partition coefficient (Wildman–Crippen LogP) is -0.593. The second-order valence-corrected chi connectivity index (χ2v) is 9.89. The van der Waals surface area contributed by atoms with Gasteiger partial charge in [-0.1, -0.05) is 32.4 Å². The lowest BCUT2D eigenvalue weighted by Gasteiger charge is -2.32. The van der Waals surface area contributed by atoms with Gasteiger partial charge in [0.1, 0.15) is 23.9 Å². The van der Waals surface area contributed by atoms with Gasteiger partial charge in [-0.2, -0.15) is 0 Å². The molecule has 39 heavy (non-hydrogen) atoms. The molecule has 5 atom stereocenters. The van der Waals surface area contributed by atoms with Crippen molar-refractivity contribution >= 4 is 29.7 Å². The summed E-state index contributed by atoms with van der Waals surface area (Å²) in [4.78, 5) is 56.7. The number of hydrogen-bond acceptors (Lipinski definition) is 7. The highest BCUT2D eigenvalue weighted by Crippen LogP contribution is 2.22. The number of amides is 3. The molecule has 13 nitrogen and oxygen atoms in total. The molecule has 0 radical (unpaired) electrons. The minimum Gasteiger partial charge on any atom is -0.508 e. The summed E-state index contributed by atoms with van der Waals surface area (Å²) in [7, 11) is 0. The minimum atomic E-state index is -1.22. The Morgan fingerprint density at radius 1 is 1.15 bits per heavy atom. The summed E-state index contributed by atoms with van der Waals surface area (Å²) in [5, 5.41) is 24.5. The van der Waals surface area contributed by atoms with Gasteiger partial charge >= 0.3 is 5.97 Å². The average Bonchev–Trinajstić information content (AvgIpc) is 3.39. The normalized spacial score (nSPS) is 17.9. The van der Waals surface area contributed by atoms with Crippen LogP contribution in [0.15, 0.2) is 29.3 Å². The number of nitrogens with two attached hydrogens (primary N) is 3. The molecule has 5 unspecified atom stereocenters. The van der Waals surface area contributed by atoms with Gasteiger partial charge < -0.3 is 42.9 Å². The second kappa shape index (κ2) is 14.9. The predicted molar refractivity (Wildman–Crippen MR) is 145 cm³/mol. The molecule has 1 saturated heterocycles. The number of aliphatic imine (C=N–C) groups is 1. The molecule has 0 saturated carbocycles. The summed E-state index contributed by atoms with van der Waals surface area (Å²) in [6, 6.07) is 2.18. The fraction of sp³-hybridized carbons (Fsp3) is 0.577. The third-order valence-corrected chi connectivity index (χ3v) is 6.91. The first-order chi connectivity index (χ1) is 18.4. The fourth-order valence-electron chi connectivity index (χ4n) is 4.41. The monoisotopic (exact) mass is 547 g/mol. The van der Waals surface area contributed by atoms with Crippen LogP contribution in [0.4, 0.5) is 0 Å². The number of guanidine groups is 1. The van der Waals surface area contributed by atoms with Gasteiger partial charge in [0.15, 0.2) is 5.96 Å². The fourth-order valence-corrected chi connectivity index (χ4v) is 4.41. The Hall–Kier alpha value is -3.87. The van der Waals surface area contributed by atoms with Gasteiger partial charge in [0.05, 0.1) is 6.04 Å². The smallest absolute Gasteiger partial charge is 0.326 e. The van der Waals surface area contributed by atoms with Crippen LogP contribution >= 0.6 is 0 Å². The lowest BCUT2D eigenvalue weighted by Crippen LogP contribution is -2.58. The van der Waals surface area contributed by atoms with Crippen LogP contribution in [0.25, 0.3) is 0 Å². The van der Waals surface area contributed by atoms with Crippen LogP contribution in [-0.2, 0) is 25.6 Å². The number of rotatable bonds is 14. The van der Waals surface area contributed by atoms with Gasteiger partial charge in [0.2, 0.25) is 17.7 Å². The number of carbonyl (C=O) groups is 4. The minimum absolute atomic E-state index is 0.00858. The molecule has 1 fully saturated rings. The van der Waals surface area contributed by atoms with E-state index in [0.717, 1.165) is 0 Å². The van der Waals surface area contributed by atoms with Crippen molar-refractivity contribution < 1.29 is 29.4 Å². The zero-order valence-electron chi connectivity index (χ0n) is 22.5. The topological polar surface area (TPSA) is 226 Å². The largest absolute Gasteiger partial charge is 0.508 e. The summed E-state index contributed by atoms with van der Waals surface area (Å²) in [5.41, 5.74) is 17.2. The molecule has 1 aliphatic heterocycles. The molecule has 0 bridgehead atoms. The van der Waals surface area contributed by atoms with Gasteiger partial charge in [-0.05, 0) is 49.3 Å². The van der Waals surface area contributed by atoms with Gasteiger partial charge in [-0.15, -0.1) is 0 Å². The number of nitrogens with one attached hydrogen (secondary N) is 2.